The lowest BCUT2D eigenvalue weighted by Crippen LogP contribution is -2.02. The van der Waals surface area contributed by atoms with Crippen molar-refractivity contribution in [3.8, 4) is 0 Å². The molecule has 0 aliphatic heterocycles. The normalized spacial score (nSPS) is 11.7. The summed E-state index contributed by atoms with van der Waals surface area (Å²) in [6.07, 6.45) is 1.14. The van der Waals surface area contributed by atoms with Crippen molar-refractivity contribution in [1.29, 1.82) is 0 Å². The Hall–Kier alpha value is -2.65. The van der Waals surface area contributed by atoms with E-state index in [1.165, 1.54) is 30.3 Å². The predicted octanol–water partition coefficient (Wildman–Crippen LogP) is 2.31. The SMILES string of the molecule is O=C(O)c1ccc(N=NCc2ccccc2S(=O)(=O)O)nc1. The lowest BCUT2D eigenvalue weighted by Gasteiger charge is -2.02. The summed E-state index contributed by atoms with van der Waals surface area (Å²) in [6.45, 7) is -0.0711. The van der Waals surface area contributed by atoms with Crippen molar-refractivity contribution in [2.24, 2.45) is 10.2 Å². The van der Waals surface area contributed by atoms with Gasteiger partial charge < -0.3 is 5.11 Å². The van der Waals surface area contributed by atoms with Crippen molar-refractivity contribution in [3.05, 3.63) is 53.7 Å². The van der Waals surface area contributed by atoms with Crippen LogP contribution in [0.3, 0.4) is 0 Å². The summed E-state index contributed by atoms with van der Waals surface area (Å²) in [5, 5.41) is 16.3. The molecule has 0 radical (unpaired) electrons. The fourth-order valence-corrected chi connectivity index (χ4v) is 2.36. The summed E-state index contributed by atoms with van der Waals surface area (Å²) >= 11 is 0. The zero-order chi connectivity index (χ0) is 16.2. The highest BCUT2D eigenvalue weighted by Gasteiger charge is 2.13. The largest absolute Gasteiger partial charge is 0.478 e. The molecule has 2 N–H and O–H groups in total. The minimum Gasteiger partial charge on any atom is -0.478 e. The van der Waals surface area contributed by atoms with Crippen LogP contribution in [-0.4, -0.2) is 29.0 Å². The number of aromatic carboxylic acids is 1. The van der Waals surface area contributed by atoms with Gasteiger partial charge in [0.2, 0.25) is 0 Å². The molecule has 0 saturated carbocycles. The topological polar surface area (TPSA) is 129 Å². The van der Waals surface area contributed by atoms with Crippen LogP contribution < -0.4 is 0 Å². The Bertz CT molecular complexity index is 816. The predicted molar refractivity (Wildman–Crippen MR) is 75.7 cm³/mol. The van der Waals surface area contributed by atoms with Crippen LogP contribution in [0.4, 0.5) is 5.82 Å². The van der Waals surface area contributed by atoms with Crippen LogP contribution in [0, 0.1) is 0 Å². The summed E-state index contributed by atoms with van der Waals surface area (Å²) in [5.41, 5.74) is 0.312. The fourth-order valence-electron chi connectivity index (χ4n) is 1.64. The van der Waals surface area contributed by atoms with Crippen LogP contribution in [0.5, 0.6) is 0 Å². The molecule has 114 valence electrons. The standard InChI is InChI=1S/C13H11N3O5S/c17-13(18)10-5-6-12(14-7-10)16-15-8-9-3-1-2-4-11(9)22(19,20)21/h1-7H,8H2,(H,17,18)(H,19,20,21). The molecule has 2 aromatic rings. The number of hydrogen-bond donors (Lipinski definition) is 2. The smallest absolute Gasteiger partial charge is 0.337 e. The third-order valence-corrected chi connectivity index (χ3v) is 3.61. The molecule has 0 aliphatic rings. The van der Waals surface area contributed by atoms with Crippen LogP contribution in [0.1, 0.15) is 15.9 Å². The molecule has 0 unspecified atom stereocenters. The quantitative estimate of drug-likeness (QED) is 0.642. The molecular formula is C13H11N3O5S. The average Bonchev–Trinajstić information content (AvgIpc) is 2.47. The Morgan fingerprint density at radius 1 is 1.18 bits per heavy atom. The van der Waals surface area contributed by atoms with E-state index < -0.39 is 16.1 Å². The van der Waals surface area contributed by atoms with Gasteiger partial charge in [-0.05, 0) is 23.8 Å². The molecule has 0 amide bonds. The Labute approximate surface area is 125 Å². The Morgan fingerprint density at radius 3 is 2.50 bits per heavy atom. The molecule has 0 fully saturated rings. The maximum absolute atomic E-state index is 11.2. The molecule has 0 bridgehead atoms. The van der Waals surface area contributed by atoms with Crippen molar-refractivity contribution in [2.75, 3.05) is 0 Å². The summed E-state index contributed by atoms with van der Waals surface area (Å²) in [5.74, 6) is -0.910. The number of hydrogen-bond acceptors (Lipinski definition) is 6. The molecule has 2 rings (SSSR count). The van der Waals surface area contributed by atoms with Gasteiger partial charge in [0, 0.05) is 6.20 Å². The van der Waals surface area contributed by atoms with Gasteiger partial charge in [-0.25, -0.2) is 9.78 Å². The molecule has 22 heavy (non-hydrogen) atoms. The number of aromatic nitrogens is 1. The first kappa shape index (κ1) is 15.7. The maximum Gasteiger partial charge on any atom is 0.337 e. The second-order valence-electron chi connectivity index (χ2n) is 4.19. The minimum absolute atomic E-state index is 0.0238. The van der Waals surface area contributed by atoms with Crippen molar-refractivity contribution in [3.63, 3.8) is 0 Å². The first-order chi connectivity index (χ1) is 10.4. The fraction of sp³-hybridized carbons (Fsp3) is 0.0769. The summed E-state index contributed by atoms with van der Waals surface area (Å²) < 4.78 is 31.5. The molecular weight excluding hydrogens is 310 g/mol. The number of azo groups is 1. The van der Waals surface area contributed by atoms with E-state index in [1.807, 2.05) is 0 Å². The lowest BCUT2D eigenvalue weighted by molar-refractivity contribution is 0.0696. The second kappa shape index (κ2) is 6.41. The molecule has 0 spiro atoms. The molecule has 1 aromatic carbocycles. The maximum atomic E-state index is 11.2. The zero-order valence-electron chi connectivity index (χ0n) is 11.1. The highest BCUT2D eigenvalue weighted by atomic mass is 32.2. The molecule has 0 aliphatic carbocycles. The van der Waals surface area contributed by atoms with E-state index in [1.54, 1.807) is 6.07 Å². The van der Waals surface area contributed by atoms with E-state index in [4.69, 9.17) is 9.66 Å². The van der Waals surface area contributed by atoms with Crippen molar-refractivity contribution in [1.82, 2.24) is 4.98 Å². The summed E-state index contributed by atoms with van der Waals surface area (Å²) in [7, 11) is -4.33. The average molecular weight is 321 g/mol. The van der Waals surface area contributed by atoms with Gasteiger partial charge in [0.05, 0.1) is 17.0 Å². The van der Waals surface area contributed by atoms with E-state index in [0.717, 1.165) is 6.20 Å². The van der Waals surface area contributed by atoms with E-state index in [2.05, 4.69) is 15.2 Å². The summed E-state index contributed by atoms with van der Waals surface area (Å²) in [6, 6.07) is 8.57. The van der Waals surface area contributed by atoms with E-state index in [0.29, 0.717) is 0 Å². The van der Waals surface area contributed by atoms with Gasteiger partial charge in [0.15, 0.2) is 5.82 Å². The molecule has 0 saturated heterocycles. The first-order valence-corrected chi connectivity index (χ1v) is 7.44. The number of benzene rings is 1. The molecule has 0 atom stereocenters. The van der Waals surface area contributed by atoms with E-state index in [-0.39, 0.29) is 28.4 Å². The van der Waals surface area contributed by atoms with Crippen LogP contribution in [0.15, 0.2) is 57.7 Å². The molecule has 1 heterocycles. The highest BCUT2D eigenvalue weighted by molar-refractivity contribution is 7.85. The van der Waals surface area contributed by atoms with Gasteiger partial charge in [0.25, 0.3) is 10.1 Å². The second-order valence-corrected chi connectivity index (χ2v) is 5.58. The van der Waals surface area contributed by atoms with Gasteiger partial charge in [-0.1, -0.05) is 18.2 Å². The van der Waals surface area contributed by atoms with Gasteiger partial charge in [0.1, 0.15) is 0 Å². The van der Waals surface area contributed by atoms with Crippen LogP contribution in [0.2, 0.25) is 0 Å². The first-order valence-electron chi connectivity index (χ1n) is 6.00. The number of carboxylic acids is 1. The van der Waals surface area contributed by atoms with Crippen molar-refractivity contribution in [2.45, 2.75) is 11.4 Å². The number of carbonyl (C=O) groups is 1. The Balaban J connectivity index is 2.15. The number of carboxylic acid groups (broad SMARTS) is 1. The van der Waals surface area contributed by atoms with Gasteiger partial charge in [-0.3, -0.25) is 4.55 Å². The molecule has 8 nitrogen and oxygen atoms in total. The summed E-state index contributed by atoms with van der Waals surface area (Å²) in [4.78, 5) is 14.2. The van der Waals surface area contributed by atoms with Gasteiger partial charge in [-0.2, -0.15) is 13.5 Å². The number of rotatable bonds is 5. The van der Waals surface area contributed by atoms with Crippen molar-refractivity contribution < 1.29 is 22.9 Å². The Morgan fingerprint density at radius 2 is 1.91 bits per heavy atom. The van der Waals surface area contributed by atoms with E-state index in [9.17, 15) is 13.2 Å². The van der Waals surface area contributed by atoms with Gasteiger partial charge in [-0.15, -0.1) is 5.11 Å². The lowest BCUT2D eigenvalue weighted by atomic mass is 10.2. The number of nitrogens with zero attached hydrogens (tertiary/aromatic N) is 3. The third kappa shape index (κ3) is 3.93. The van der Waals surface area contributed by atoms with Crippen LogP contribution >= 0.6 is 0 Å². The molecule has 9 heteroatoms. The van der Waals surface area contributed by atoms with Crippen LogP contribution in [0.25, 0.3) is 0 Å². The third-order valence-electron chi connectivity index (χ3n) is 2.66. The highest BCUT2D eigenvalue weighted by Crippen LogP contribution is 2.17. The monoisotopic (exact) mass is 321 g/mol. The van der Waals surface area contributed by atoms with Crippen molar-refractivity contribution >= 4 is 21.9 Å². The zero-order valence-corrected chi connectivity index (χ0v) is 11.9. The number of pyridine rings is 1. The van der Waals surface area contributed by atoms with Gasteiger partial charge >= 0.3 is 5.97 Å². The minimum atomic E-state index is -4.33. The van der Waals surface area contributed by atoms with E-state index >= 15 is 0 Å². The molecule has 1 aromatic heterocycles. The van der Waals surface area contributed by atoms with Crippen LogP contribution in [-0.2, 0) is 16.7 Å². The Kier molecular flexibility index (Phi) is 4.59.